The van der Waals surface area contributed by atoms with Crippen LogP contribution in [0.25, 0.3) is 0 Å². The largest absolute Gasteiger partial charge is 0.467 e. The Bertz CT molecular complexity index is 295. The molecule has 1 heterocycles. The number of ether oxygens (including phenoxy) is 1. The van der Waals surface area contributed by atoms with E-state index in [0.29, 0.717) is 12.2 Å². The highest BCUT2D eigenvalue weighted by Crippen LogP contribution is 2.33. The molecule has 4 heteroatoms. The van der Waals surface area contributed by atoms with Gasteiger partial charge in [0.05, 0.1) is 5.70 Å². The van der Waals surface area contributed by atoms with Crippen LogP contribution in [0.3, 0.4) is 0 Å². The molecule has 1 aliphatic carbocycles. The first-order valence-electron chi connectivity index (χ1n) is 3.75. The van der Waals surface area contributed by atoms with Crippen molar-refractivity contribution in [3.8, 4) is 0 Å². The molecule has 2 rings (SSSR count). The quantitative estimate of drug-likeness (QED) is 0.537. The zero-order chi connectivity index (χ0) is 8.72. The Morgan fingerprint density at radius 1 is 1.75 bits per heavy atom. The summed E-state index contributed by atoms with van der Waals surface area (Å²) in [5.74, 6) is 0.654. The molecule has 0 amide bonds. The molecule has 0 bridgehead atoms. The highest BCUT2D eigenvalue weighted by molar-refractivity contribution is 6.15. The molecule has 64 valence electrons. The lowest BCUT2D eigenvalue weighted by Gasteiger charge is -2.11. The first-order valence-corrected chi connectivity index (χ1v) is 4.09. The van der Waals surface area contributed by atoms with Crippen LogP contribution in [0, 0.1) is 0 Å². The van der Waals surface area contributed by atoms with Gasteiger partial charge in [-0.15, -0.1) is 0 Å². The third-order valence-corrected chi connectivity index (χ3v) is 2.34. The minimum absolute atomic E-state index is 0.0629. The fourth-order valence-corrected chi connectivity index (χ4v) is 1.48. The lowest BCUT2D eigenvalue weighted by Crippen LogP contribution is -2.15. The predicted octanol–water partition coefficient (Wildman–Crippen LogP) is 1.56. The van der Waals surface area contributed by atoms with Crippen LogP contribution in [-0.4, -0.2) is 16.4 Å². The summed E-state index contributed by atoms with van der Waals surface area (Å²) in [5.41, 5.74) is 0.809. The molecule has 0 saturated carbocycles. The number of halogens is 1. The van der Waals surface area contributed by atoms with E-state index >= 15 is 0 Å². The number of allylic oxidation sites excluding steroid dienone is 2. The number of rotatable bonds is 0. The van der Waals surface area contributed by atoms with Gasteiger partial charge < -0.3 is 4.74 Å². The summed E-state index contributed by atoms with van der Waals surface area (Å²) < 4.78 is 6.81. The molecule has 3 nitrogen and oxygen atoms in total. The number of carbonyl (C=O) groups excluding carboxylic acids is 1. The molecule has 1 unspecified atom stereocenters. The number of nitrogens with zero attached hydrogens (tertiary/aromatic N) is 1. The zero-order valence-corrected chi connectivity index (χ0v) is 7.34. The molecular weight excluding hydrogens is 178 g/mol. The maximum absolute atomic E-state index is 11.0. The maximum Gasteiger partial charge on any atom is 0.183 e. The van der Waals surface area contributed by atoms with Crippen molar-refractivity contribution in [2.45, 2.75) is 19.6 Å². The van der Waals surface area contributed by atoms with E-state index < -0.39 is 0 Å². The molecule has 0 aromatic rings. The molecule has 1 atom stereocenters. The average molecular weight is 186 g/mol. The molecule has 1 aliphatic heterocycles. The van der Waals surface area contributed by atoms with Crippen molar-refractivity contribution >= 4 is 17.6 Å². The fraction of sp³-hybridized carbons (Fsp3) is 0.375. The lowest BCUT2D eigenvalue weighted by molar-refractivity contribution is -0.114. The second-order valence-electron chi connectivity index (χ2n) is 2.80. The van der Waals surface area contributed by atoms with E-state index in [1.807, 2.05) is 6.92 Å². The topological polar surface area (TPSA) is 29.5 Å². The molecular formula is C8H8ClNO2. The normalized spacial score (nSPS) is 27.7. The van der Waals surface area contributed by atoms with Crippen molar-refractivity contribution in [3.05, 3.63) is 23.6 Å². The van der Waals surface area contributed by atoms with Crippen molar-refractivity contribution in [1.82, 2.24) is 4.42 Å². The summed E-state index contributed by atoms with van der Waals surface area (Å²) in [5, 5.41) is 0. The molecule has 0 spiro atoms. The van der Waals surface area contributed by atoms with Gasteiger partial charge in [0, 0.05) is 24.3 Å². The molecule has 0 aromatic carbocycles. The summed E-state index contributed by atoms with van der Waals surface area (Å²) in [4.78, 5) is 11.0. The molecule has 1 fully saturated rings. The van der Waals surface area contributed by atoms with Crippen molar-refractivity contribution in [1.29, 1.82) is 0 Å². The molecule has 2 aliphatic rings. The van der Waals surface area contributed by atoms with Crippen LogP contribution in [0.4, 0.5) is 0 Å². The van der Waals surface area contributed by atoms with Gasteiger partial charge in [-0.2, -0.15) is 0 Å². The minimum Gasteiger partial charge on any atom is -0.467 e. The van der Waals surface area contributed by atoms with E-state index in [4.69, 9.17) is 16.5 Å². The SMILES string of the molecule is CC1OC2=CC(=O)CC=C2N1Cl. The Hall–Kier alpha value is -0.960. The second-order valence-corrected chi connectivity index (χ2v) is 3.16. The van der Waals surface area contributed by atoms with Crippen LogP contribution in [0.1, 0.15) is 13.3 Å². The van der Waals surface area contributed by atoms with Crippen LogP contribution in [0.5, 0.6) is 0 Å². The van der Waals surface area contributed by atoms with Gasteiger partial charge in [-0.05, 0) is 13.0 Å². The van der Waals surface area contributed by atoms with Gasteiger partial charge in [0.1, 0.15) is 5.76 Å². The Kier molecular flexibility index (Phi) is 1.61. The van der Waals surface area contributed by atoms with Crippen molar-refractivity contribution in [2.24, 2.45) is 0 Å². The van der Waals surface area contributed by atoms with Crippen molar-refractivity contribution < 1.29 is 9.53 Å². The Morgan fingerprint density at radius 3 is 3.25 bits per heavy atom. The molecule has 0 radical (unpaired) electrons. The van der Waals surface area contributed by atoms with Crippen LogP contribution >= 0.6 is 11.8 Å². The van der Waals surface area contributed by atoms with E-state index in [1.165, 1.54) is 10.5 Å². The fourth-order valence-electron chi connectivity index (χ4n) is 1.29. The molecule has 0 aromatic heterocycles. The van der Waals surface area contributed by atoms with Crippen LogP contribution in [0.15, 0.2) is 23.6 Å². The minimum atomic E-state index is -0.185. The number of fused-ring (bicyclic) bond motifs is 1. The van der Waals surface area contributed by atoms with Gasteiger partial charge >= 0.3 is 0 Å². The molecule has 1 saturated heterocycles. The molecule has 0 N–H and O–H groups in total. The van der Waals surface area contributed by atoms with Gasteiger partial charge in [-0.1, -0.05) is 0 Å². The third-order valence-electron chi connectivity index (χ3n) is 1.89. The number of hydrogen-bond donors (Lipinski definition) is 0. The smallest absolute Gasteiger partial charge is 0.183 e. The van der Waals surface area contributed by atoms with Crippen LogP contribution in [0.2, 0.25) is 0 Å². The predicted molar refractivity (Wildman–Crippen MR) is 44.0 cm³/mol. The summed E-state index contributed by atoms with van der Waals surface area (Å²) in [7, 11) is 0. The summed E-state index contributed by atoms with van der Waals surface area (Å²) in [6.07, 6.45) is 3.51. The van der Waals surface area contributed by atoms with Crippen LogP contribution in [-0.2, 0) is 9.53 Å². The number of hydrogen-bond acceptors (Lipinski definition) is 3. The van der Waals surface area contributed by atoms with Gasteiger partial charge in [-0.3, -0.25) is 4.79 Å². The highest BCUT2D eigenvalue weighted by atomic mass is 35.5. The van der Waals surface area contributed by atoms with Crippen molar-refractivity contribution in [2.75, 3.05) is 0 Å². The standard InChI is InChI=1S/C8H8ClNO2/c1-5-10(9)7-3-2-6(11)4-8(7)12-5/h3-5H,2H2,1H3. The Balaban J connectivity index is 2.35. The highest BCUT2D eigenvalue weighted by Gasteiger charge is 2.31. The maximum atomic E-state index is 11.0. The van der Waals surface area contributed by atoms with E-state index in [0.717, 1.165) is 5.70 Å². The Morgan fingerprint density at radius 2 is 2.50 bits per heavy atom. The Labute approximate surface area is 75.4 Å². The summed E-state index contributed by atoms with van der Waals surface area (Å²) >= 11 is 5.87. The van der Waals surface area contributed by atoms with E-state index in [9.17, 15) is 4.79 Å². The van der Waals surface area contributed by atoms with E-state index in [2.05, 4.69) is 0 Å². The van der Waals surface area contributed by atoms with E-state index in [-0.39, 0.29) is 12.0 Å². The summed E-state index contributed by atoms with van der Waals surface area (Å²) in [6, 6.07) is 0. The third kappa shape index (κ3) is 1.01. The van der Waals surface area contributed by atoms with E-state index in [1.54, 1.807) is 6.08 Å². The number of carbonyl (C=O) groups is 1. The van der Waals surface area contributed by atoms with Gasteiger partial charge in [-0.25, -0.2) is 4.42 Å². The average Bonchev–Trinajstić information content (AvgIpc) is 2.28. The number of ketones is 1. The van der Waals surface area contributed by atoms with Crippen LogP contribution < -0.4 is 0 Å². The monoisotopic (exact) mass is 185 g/mol. The van der Waals surface area contributed by atoms with Gasteiger partial charge in [0.15, 0.2) is 12.0 Å². The van der Waals surface area contributed by atoms with Crippen molar-refractivity contribution in [3.63, 3.8) is 0 Å². The van der Waals surface area contributed by atoms with Gasteiger partial charge in [0.2, 0.25) is 0 Å². The zero-order valence-electron chi connectivity index (χ0n) is 6.58. The first kappa shape index (κ1) is 7.68. The summed E-state index contributed by atoms with van der Waals surface area (Å²) in [6.45, 7) is 1.83. The first-order chi connectivity index (χ1) is 5.68. The van der Waals surface area contributed by atoms with Gasteiger partial charge in [0.25, 0.3) is 0 Å². The molecule has 12 heavy (non-hydrogen) atoms. The second kappa shape index (κ2) is 2.52. The lowest BCUT2D eigenvalue weighted by atomic mass is 10.1.